The van der Waals surface area contributed by atoms with Crippen molar-refractivity contribution in [1.29, 1.82) is 0 Å². The summed E-state index contributed by atoms with van der Waals surface area (Å²) < 4.78 is 0. The first-order valence-corrected chi connectivity index (χ1v) is 31.9. The molecule has 0 heterocycles. The molecular formula is C74H64O2P4Pd. The number of hydrogen-bond acceptors (Lipinski definition) is 1. The molecule has 12 aromatic carbocycles. The van der Waals surface area contributed by atoms with Crippen molar-refractivity contribution in [3.63, 3.8) is 0 Å². The summed E-state index contributed by atoms with van der Waals surface area (Å²) in [7, 11) is -1.78. The summed E-state index contributed by atoms with van der Waals surface area (Å²) in [5.41, 5.74) is 0. The minimum absolute atomic E-state index is 0. The second kappa shape index (κ2) is 34.6. The van der Waals surface area contributed by atoms with E-state index in [1.807, 2.05) is 0 Å². The van der Waals surface area contributed by atoms with E-state index in [0.29, 0.717) is 0 Å². The Labute approximate surface area is 499 Å². The van der Waals surface area contributed by atoms with Crippen LogP contribution in [0.15, 0.2) is 364 Å². The Bertz CT molecular complexity index is 2690. The van der Waals surface area contributed by atoms with Gasteiger partial charge in [-0.25, -0.2) is 0 Å². The molecule has 0 aromatic heterocycles. The van der Waals surface area contributed by atoms with Crippen molar-refractivity contribution in [1.82, 2.24) is 0 Å². The van der Waals surface area contributed by atoms with Crippen molar-refractivity contribution in [2.75, 3.05) is 0 Å². The maximum absolute atomic E-state index is 9.00. The van der Waals surface area contributed by atoms with E-state index >= 15 is 0 Å². The van der Waals surface area contributed by atoms with E-state index in [9.17, 15) is 0 Å². The number of hydrogen-bond donors (Lipinski definition) is 1. The number of benzene rings is 12. The van der Waals surface area contributed by atoms with Gasteiger partial charge in [-0.15, -0.1) is 0 Å². The van der Waals surface area contributed by atoms with E-state index in [-0.39, 0.29) is 20.4 Å². The van der Waals surface area contributed by atoms with Crippen molar-refractivity contribution in [3.05, 3.63) is 364 Å². The van der Waals surface area contributed by atoms with Crippen LogP contribution in [0.2, 0.25) is 0 Å². The van der Waals surface area contributed by atoms with Gasteiger partial charge in [-0.3, -0.25) is 4.79 Å². The van der Waals surface area contributed by atoms with Gasteiger partial charge in [0.05, 0.1) is 0 Å². The molecule has 0 saturated heterocycles. The fraction of sp³-hybridized carbons (Fsp3) is 0.0135. The van der Waals surface area contributed by atoms with Crippen LogP contribution in [0.5, 0.6) is 0 Å². The molecule has 0 amide bonds. The van der Waals surface area contributed by atoms with Gasteiger partial charge in [0, 0.05) is 27.3 Å². The molecule has 0 saturated carbocycles. The number of carboxylic acid groups (broad SMARTS) is 1. The number of rotatable bonds is 12. The van der Waals surface area contributed by atoms with Gasteiger partial charge in [0.25, 0.3) is 5.97 Å². The average Bonchev–Trinajstić information content (AvgIpc) is 3.56. The Morgan fingerprint density at radius 2 is 0.259 bits per heavy atom. The molecule has 0 aliphatic carbocycles. The van der Waals surface area contributed by atoms with Crippen LogP contribution in [-0.2, 0) is 25.2 Å². The fourth-order valence-electron chi connectivity index (χ4n) is 8.71. The van der Waals surface area contributed by atoms with Crippen LogP contribution in [-0.4, -0.2) is 11.1 Å². The standard InChI is InChI=1S/4C18H15P.C2H4O2.Pd/c4*1-4-10-16(11-5-1)19(17-12-6-2-7-13-17)18-14-8-3-9-15-18;1-2(3)4;/h4*1-15H;1H3,(H,3,4);. The first-order valence-electron chi connectivity index (χ1n) is 26.5. The van der Waals surface area contributed by atoms with E-state index in [1.54, 1.807) is 0 Å². The molecule has 402 valence electrons. The monoisotopic (exact) mass is 1210 g/mol. The summed E-state index contributed by atoms with van der Waals surface area (Å²) in [4.78, 5) is 9.00. The van der Waals surface area contributed by atoms with Gasteiger partial charge in [0.15, 0.2) is 0 Å². The van der Waals surface area contributed by atoms with Gasteiger partial charge in [-0.05, 0) is 95.3 Å². The molecule has 1 N–H and O–H groups in total. The zero-order chi connectivity index (χ0) is 55.2. The van der Waals surface area contributed by atoms with Gasteiger partial charge in [0.2, 0.25) is 0 Å². The molecule has 2 nitrogen and oxygen atoms in total. The Hall–Kier alpha value is -7.51. The third kappa shape index (κ3) is 19.3. The molecule has 0 fully saturated rings. The van der Waals surface area contributed by atoms with Crippen LogP contribution in [0, 0.1) is 0 Å². The van der Waals surface area contributed by atoms with Crippen LogP contribution in [0.4, 0.5) is 0 Å². The van der Waals surface area contributed by atoms with Crippen LogP contribution < -0.4 is 63.7 Å². The predicted molar refractivity (Wildman–Crippen MR) is 354 cm³/mol. The van der Waals surface area contributed by atoms with Gasteiger partial charge in [-0.2, -0.15) is 0 Å². The molecule has 0 bridgehead atoms. The molecule has 81 heavy (non-hydrogen) atoms. The molecule has 12 rings (SSSR count). The summed E-state index contributed by atoms with van der Waals surface area (Å²) in [6.45, 7) is 1.08. The van der Waals surface area contributed by atoms with Crippen LogP contribution >= 0.6 is 31.7 Å². The van der Waals surface area contributed by atoms with E-state index in [2.05, 4.69) is 364 Å². The summed E-state index contributed by atoms with van der Waals surface area (Å²) in [5.74, 6) is -0.833. The molecule has 0 spiro atoms. The SMILES string of the molecule is CC(=O)O.[Pd].c1ccc(P(c2ccccc2)c2ccccc2)cc1.c1ccc(P(c2ccccc2)c2ccccc2)cc1.c1ccc(P(c2ccccc2)c2ccccc2)cc1.c1ccc(P(c2ccccc2)c2ccccc2)cc1. The number of carboxylic acids is 1. The maximum Gasteiger partial charge on any atom is 0.300 e. The largest absolute Gasteiger partial charge is 0.481 e. The van der Waals surface area contributed by atoms with Crippen molar-refractivity contribution in [3.8, 4) is 0 Å². The van der Waals surface area contributed by atoms with E-state index in [4.69, 9.17) is 9.90 Å². The first-order chi connectivity index (χ1) is 39.5. The van der Waals surface area contributed by atoms with Crippen LogP contribution in [0.3, 0.4) is 0 Å². The van der Waals surface area contributed by atoms with Gasteiger partial charge in [0.1, 0.15) is 0 Å². The van der Waals surface area contributed by atoms with Crippen molar-refractivity contribution < 1.29 is 30.3 Å². The molecule has 0 aliphatic heterocycles. The molecular weight excluding hydrogens is 1150 g/mol. The van der Waals surface area contributed by atoms with Crippen molar-refractivity contribution in [2.24, 2.45) is 0 Å². The second-order valence-electron chi connectivity index (χ2n) is 17.9. The topological polar surface area (TPSA) is 37.3 Å². The zero-order valence-corrected chi connectivity index (χ0v) is 50.2. The summed E-state index contributed by atoms with van der Waals surface area (Å²) in [6, 6.07) is 129. The van der Waals surface area contributed by atoms with E-state index in [0.717, 1.165) is 6.92 Å². The predicted octanol–water partition coefficient (Wildman–Crippen LogP) is 13.9. The zero-order valence-electron chi connectivity index (χ0n) is 45.1. The van der Waals surface area contributed by atoms with Gasteiger partial charge >= 0.3 is 0 Å². The fourth-order valence-corrected chi connectivity index (χ4v) is 17.9. The molecule has 0 unspecified atom stereocenters. The minimum Gasteiger partial charge on any atom is -0.481 e. The summed E-state index contributed by atoms with van der Waals surface area (Å²) >= 11 is 0. The number of aliphatic carboxylic acids is 1. The quantitative estimate of drug-likeness (QED) is 0.0978. The third-order valence-corrected chi connectivity index (χ3v) is 21.9. The molecule has 12 aromatic rings. The van der Waals surface area contributed by atoms with Crippen LogP contribution in [0.25, 0.3) is 0 Å². The van der Waals surface area contributed by atoms with Crippen LogP contribution in [0.1, 0.15) is 6.92 Å². The maximum atomic E-state index is 9.00. The van der Waals surface area contributed by atoms with E-state index < -0.39 is 37.7 Å². The van der Waals surface area contributed by atoms with Crippen molar-refractivity contribution in [2.45, 2.75) is 6.92 Å². The Morgan fingerprint density at radius 3 is 0.321 bits per heavy atom. The summed E-state index contributed by atoms with van der Waals surface area (Å²) in [6.07, 6.45) is 0. The molecule has 0 atom stereocenters. The second-order valence-corrected chi connectivity index (χ2v) is 26.8. The molecule has 0 radical (unpaired) electrons. The number of carbonyl (C=O) groups is 1. The Balaban J connectivity index is 0.000000152. The van der Waals surface area contributed by atoms with E-state index in [1.165, 1.54) is 63.7 Å². The smallest absolute Gasteiger partial charge is 0.300 e. The van der Waals surface area contributed by atoms with Gasteiger partial charge < -0.3 is 5.11 Å². The first kappa shape index (κ1) is 61.1. The average molecular weight is 1220 g/mol. The molecule has 0 aliphatic rings. The minimum atomic E-state index is -0.833. The summed E-state index contributed by atoms with van der Waals surface area (Å²) in [5, 5.41) is 24.2. The molecule has 7 heteroatoms. The normalized spacial score (nSPS) is 10.2. The Morgan fingerprint density at radius 1 is 0.198 bits per heavy atom. The van der Waals surface area contributed by atoms with Crippen molar-refractivity contribution >= 4 is 101 Å². The Kier molecular flexibility index (Phi) is 26.1. The van der Waals surface area contributed by atoms with Gasteiger partial charge in [-0.1, -0.05) is 364 Å². The third-order valence-electron chi connectivity index (χ3n) is 12.2.